The summed E-state index contributed by atoms with van der Waals surface area (Å²) in [6, 6.07) is 5.88. The zero-order valence-corrected chi connectivity index (χ0v) is 30.3. The molecule has 0 radical (unpaired) electrons. The molecular formula is C36H60N4S4. The Bertz CT molecular complexity index is 772. The number of hydrogen-bond donors (Lipinski definition) is 4. The highest BCUT2D eigenvalue weighted by atomic mass is 32.2. The molecule has 0 aromatic carbocycles. The summed E-state index contributed by atoms with van der Waals surface area (Å²) < 4.78 is 0. The van der Waals surface area contributed by atoms with Crippen molar-refractivity contribution in [3.63, 3.8) is 0 Å². The monoisotopic (exact) mass is 676 g/mol. The number of rotatable bonds is 4. The van der Waals surface area contributed by atoms with Crippen LogP contribution in [-0.4, -0.2) is 94.4 Å². The van der Waals surface area contributed by atoms with Gasteiger partial charge in [-0.15, -0.1) is 0 Å². The van der Waals surface area contributed by atoms with Crippen molar-refractivity contribution in [1.82, 2.24) is 21.3 Å². The van der Waals surface area contributed by atoms with Gasteiger partial charge in [-0.2, -0.15) is 47.0 Å². The second-order valence-corrected chi connectivity index (χ2v) is 21.2. The molecular weight excluding hydrogens is 617 g/mol. The topological polar surface area (TPSA) is 48.1 Å². The summed E-state index contributed by atoms with van der Waals surface area (Å²) in [5.74, 6) is 18.3. The molecule has 9 saturated heterocycles. The van der Waals surface area contributed by atoms with Gasteiger partial charge in [0.05, 0.1) is 0 Å². The first-order chi connectivity index (χ1) is 21.8. The van der Waals surface area contributed by atoms with Gasteiger partial charge in [0.2, 0.25) is 0 Å². The van der Waals surface area contributed by atoms with Crippen LogP contribution in [0.2, 0.25) is 0 Å². The molecule has 8 bridgehead atoms. The maximum Gasteiger partial charge on any atom is 0.0116 e. The van der Waals surface area contributed by atoms with Crippen molar-refractivity contribution in [2.75, 3.05) is 46.0 Å². The third-order valence-electron chi connectivity index (χ3n) is 14.6. The Hall–Kier alpha value is 1.24. The van der Waals surface area contributed by atoms with E-state index < -0.39 is 0 Å². The van der Waals surface area contributed by atoms with Crippen molar-refractivity contribution in [1.29, 1.82) is 0 Å². The Morgan fingerprint density at radius 1 is 0.273 bits per heavy atom. The van der Waals surface area contributed by atoms with Crippen molar-refractivity contribution >= 4 is 47.0 Å². The summed E-state index contributed by atoms with van der Waals surface area (Å²) in [7, 11) is 0. The minimum Gasteiger partial charge on any atom is -0.311 e. The van der Waals surface area contributed by atoms with Gasteiger partial charge in [0.25, 0.3) is 0 Å². The molecule has 0 spiro atoms. The average molecular weight is 677 g/mol. The fourth-order valence-corrected chi connectivity index (χ4v) is 18.1. The van der Waals surface area contributed by atoms with Crippen LogP contribution in [0.25, 0.3) is 0 Å². The van der Waals surface area contributed by atoms with E-state index in [1.165, 1.54) is 123 Å². The van der Waals surface area contributed by atoms with Crippen LogP contribution >= 0.6 is 47.0 Å². The first-order valence-electron chi connectivity index (χ1n) is 19.2. The number of fused-ring (bicyclic) bond motifs is 8. The van der Waals surface area contributed by atoms with E-state index in [0.29, 0.717) is 0 Å². The highest BCUT2D eigenvalue weighted by Gasteiger charge is 2.52. The summed E-state index contributed by atoms with van der Waals surface area (Å²) in [4.78, 5) is 0. The van der Waals surface area contributed by atoms with Gasteiger partial charge in [0.1, 0.15) is 0 Å². The molecule has 248 valence electrons. The van der Waals surface area contributed by atoms with E-state index in [1.54, 1.807) is 0 Å². The van der Waals surface area contributed by atoms with E-state index in [0.717, 1.165) is 95.7 Å². The van der Waals surface area contributed by atoms with E-state index in [9.17, 15) is 0 Å². The Labute approximate surface area is 285 Å². The van der Waals surface area contributed by atoms with E-state index in [-0.39, 0.29) is 0 Å². The van der Waals surface area contributed by atoms with Crippen LogP contribution in [-0.2, 0) is 0 Å². The van der Waals surface area contributed by atoms with Crippen molar-refractivity contribution in [3.05, 3.63) is 0 Å². The van der Waals surface area contributed by atoms with Crippen molar-refractivity contribution in [2.24, 2.45) is 47.3 Å². The third kappa shape index (κ3) is 6.02. The fourth-order valence-electron chi connectivity index (χ4n) is 12.8. The Morgan fingerprint density at radius 3 is 0.636 bits per heavy atom. The summed E-state index contributed by atoms with van der Waals surface area (Å²) in [6.45, 7) is 0. The van der Waals surface area contributed by atoms with Crippen LogP contribution in [0.5, 0.6) is 0 Å². The zero-order valence-electron chi connectivity index (χ0n) is 27.0. The Morgan fingerprint density at radius 2 is 0.477 bits per heavy atom. The third-order valence-corrected chi connectivity index (χ3v) is 19.4. The van der Waals surface area contributed by atoms with Crippen molar-refractivity contribution < 1.29 is 0 Å². The first-order valence-corrected chi connectivity index (χ1v) is 23.8. The lowest BCUT2D eigenvalue weighted by Gasteiger charge is -2.41. The van der Waals surface area contributed by atoms with Crippen LogP contribution in [0.15, 0.2) is 0 Å². The molecule has 9 aliphatic rings. The summed E-state index contributed by atoms with van der Waals surface area (Å²) in [5.41, 5.74) is 0. The van der Waals surface area contributed by atoms with Crippen molar-refractivity contribution in [3.8, 4) is 0 Å². The van der Waals surface area contributed by atoms with Gasteiger partial charge in [0, 0.05) is 48.3 Å². The minimum absolute atomic E-state index is 0.736. The van der Waals surface area contributed by atoms with Gasteiger partial charge in [-0.1, -0.05) is 0 Å². The van der Waals surface area contributed by atoms with E-state index in [2.05, 4.69) is 68.3 Å². The van der Waals surface area contributed by atoms with Crippen LogP contribution < -0.4 is 21.3 Å². The zero-order chi connectivity index (χ0) is 29.0. The fraction of sp³-hybridized carbons (Fsp3) is 1.00. The van der Waals surface area contributed by atoms with E-state index >= 15 is 0 Å². The Balaban J connectivity index is 1.06. The molecule has 9 rings (SSSR count). The second kappa shape index (κ2) is 13.9. The van der Waals surface area contributed by atoms with Crippen molar-refractivity contribution in [2.45, 2.75) is 125 Å². The highest BCUT2D eigenvalue weighted by Crippen LogP contribution is 2.48. The molecule has 4 N–H and O–H groups in total. The molecule has 9 aliphatic heterocycles. The van der Waals surface area contributed by atoms with Gasteiger partial charge in [-0.3, -0.25) is 0 Å². The molecule has 0 amide bonds. The molecule has 9 heterocycles. The van der Waals surface area contributed by atoms with Crippen LogP contribution in [0.1, 0.15) is 77.0 Å². The molecule has 9 fully saturated rings. The molecule has 0 aliphatic carbocycles. The second-order valence-electron chi connectivity index (χ2n) is 16.6. The Kier molecular flexibility index (Phi) is 9.84. The largest absolute Gasteiger partial charge is 0.311 e. The van der Waals surface area contributed by atoms with E-state index in [4.69, 9.17) is 0 Å². The van der Waals surface area contributed by atoms with Crippen LogP contribution in [0.4, 0.5) is 0 Å². The van der Waals surface area contributed by atoms with E-state index in [1.807, 2.05) is 0 Å². The molecule has 16 atom stereocenters. The molecule has 0 aromatic rings. The van der Waals surface area contributed by atoms with Gasteiger partial charge in [-0.25, -0.2) is 0 Å². The lowest BCUT2D eigenvalue weighted by Crippen LogP contribution is -2.56. The van der Waals surface area contributed by atoms with Gasteiger partial charge in [0.15, 0.2) is 0 Å². The molecule has 44 heavy (non-hydrogen) atoms. The molecule has 4 nitrogen and oxygen atoms in total. The maximum absolute atomic E-state index is 4.54. The molecule has 8 heteroatoms. The molecule has 0 aromatic heterocycles. The van der Waals surface area contributed by atoms with Gasteiger partial charge in [-0.05, 0) is 170 Å². The summed E-state index contributed by atoms with van der Waals surface area (Å²) in [6.07, 6.45) is 17.3. The molecule has 0 saturated carbocycles. The average Bonchev–Trinajstić information content (AvgIpc) is 3.90. The smallest absolute Gasteiger partial charge is 0.0116 e. The lowest BCUT2D eigenvalue weighted by atomic mass is 9.78. The lowest BCUT2D eigenvalue weighted by molar-refractivity contribution is 0.156. The van der Waals surface area contributed by atoms with Crippen LogP contribution in [0.3, 0.4) is 0 Å². The van der Waals surface area contributed by atoms with Crippen LogP contribution in [0, 0.1) is 47.3 Å². The minimum atomic E-state index is 0.736. The predicted molar refractivity (Wildman–Crippen MR) is 195 cm³/mol. The first kappa shape index (κ1) is 31.2. The molecule has 9 unspecified atom stereocenters. The number of hydrogen-bond acceptors (Lipinski definition) is 8. The standard InChI is InChI=1S/C36H60N4S4/c1-2-26-34(22-10-14-42-18-22)28-5-6-30(39-28)36(24-12-16-44-20-24)32-8-7-31(40-32)35(23-11-15-43-19-23)29-4-3-27(38-29)33(25(1)37-26)21-9-13-41-17-21/h21-40H,1-20H2/t21?,22?,23?,24?,25-,26+,27+,28-,29-,30+,31+,32?,33?,34?,35?,36?/m0/s1. The van der Waals surface area contributed by atoms with Gasteiger partial charge < -0.3 is 21.3 Å². The highest BCUT2D eigenvalue weighted by molar-refractivity contribution is 8.00. The van der Waals surface area contributed by atoms with Gasteiger partial charge >= 0.3 is 0 Å². The maximum atomic E-state index is 4.54. The predicted octanol–water partition coefficient (Wildman–Crippen LogP) is 5.96. The summed E-state index contributed by atoms with van der Waals surface area (Å²) >= 11 is 9.03. The summed E-state index contributed by atoms with van der Waals surface area (Å²) in [5, 5.41) is 18.1. The SMILES string of the molecule is C1CC(C2C3CC[C@@H](N3)C(C3CCSC3)[C@@H]3CC[C@@H](N3)C(C3CCSC3)[C@@H]3CC[C@@H](N3)C(C3CCSC3)[C@@H]3CC[C@H]2N3)CS1. The number of thioether (sulfide) groups is 4. The number of nitrogens with one attached hydrogen (secondary N) is 4. The normalized spacial score (nSPS) is 54.5. The quantitative estimate of drug-likeness (QED) is 0.291.